The number of ether oxygens (including phenoxy) is 4. The van der Waals surface area contributed by atoms with E-state index in [4.69, 9.17) is 18.9 Å². The molecule has 0 saturated carbocycles. The van der Waals surface area contributed by atoms with Crippen molar-refractivity contribution in [3.05, 3.63) is 60.2 Å². The molecule has 0 atom stereocenters. The van der Waals surface area contributed by atoms with Gasteiger partial charge in [0.25, 0.3) is 11.8 Å². The van der Waals surface area contributed by atoms with Crippen LogP contribution < -0.4 is 29.8 Å². The maximum absolute atomic E-state index is 12.4. The molecule has 30 heavy (non-hydrogen) atoms. The van der Waals surface area contributed by atoms with Crippen LogP contribution in [-0.2, 0) is 4.79 Å². The van der Waals surface area contributed by atoms with Gasteiger partial charge < -0.3 is 18.9 Å². The Morgan fingerprint density at radius 2 is 1.47 bits per heavy atom. The summed E-state index contributed by atoms with van der Waals surface area (Å²) in [5.41, 5.74) is 4.89. The smallest absolute Gasteiger partial charge is 0.276 e. The van der Waals surface area contributed by atoms with Crippen molar-refractivity contribution in [2.45, 2.75) is 0 Å². The molecule has 0 aromatic heterocycles. The first kappa shape index (κ1) is 20.8. The van der Waals surface area contributed by atoms with Gasteiger partial charge in [0.15, 0.2) is 18.1 Å². The molecule has 3 aromatic carbocycles. The first-order chi connectivity index (χ1) is 14.6. The predicted octanol–water partition coefficient (Wildman–Crippen LogP) is 2.71. The predicted molar refractivity (Wildman–Crippen MR) is 111 cm³/mol. The number of carbonyl (C=O) groups excluding carboxylic acids is 2. The summed E-state index contributed by atoms with van der Waals surface area (Å²) in [6.07, 6.45) is 0. The minimum Gasteiger partial charge on any atom is -0.493 e. The van der Waals surface area contributed by atoms with Gasteiger partial charge in [0.05, 0.1) is 21.3 Å². The van der Waals surface area contributed by atoms with E-state index in [1.165, 1.54) is 33.5 Å². The van der Waals surface area contributed by atoms with Gasteiger partial charge in [0.1, 0.15) is 5.75 Å². The summed E-state index contributed by atoms with van der Waals surface area (Å²) in [7, 11) is 4.37. The zero-order chi connectivity index (χ0) is 21.5. The summed E-state index contributed by atoms with van der Waals surface area (Å²) in [6, 6.07) is 16.2. The Labute approximate surface area is 173 Å². The lowest BCUT2D eigenvalue weighted by atomic mass is 10.1. The maximum Gasteiger partial charge on any atom is 0.276 e. The molecule has 0 aliphatic heterocycles. The standard InChI is InChI=1S/C22H22N2O6/c1-27-18-11-15(12-19(28-2)21(18)29-3)22(26)24-23-20(25)13-30-17-10-6-8-14-7-4-5-9-16(14)17/h4-12H,13H2,1-3H3,(H,23,25)(H,24,26). The van der Waals surface area contributed by atoms with Gasteiger partial charge in [0.2, 0.25) is 5.75 Å². The molecule has 8 heteroatoms. The highest BCUT2D eigenvalue weighted by molar-refractivity contribution is 5.97. The third-order valence-electron chi connectivity index (χ3n) is 4.35. The molecule has 0 aliphatic rings. The van der Waals surface area contributed by atoms with E-state index in [1.807, 2.05) is 36.4 Å². The first-order valence-corrected chi connectivity index (χ1v) is 9.07. The van der Waals surface area contributed by atoms with E-state index >= 15 is 0 Å². The molecule has 0 fully saturated rings. The van der Waals surface area contributed by atoms with Gasteiger partial charge in [-0.1, -0.05) is 36.4 Å². The second-order valence-corrected chi connectivity index (χ2v) is 6.18. The van der Waals surface area contributed by atoms with Gasteiger partial charge in [-0.3, -0.25) is 20.4 Å². The SMILES string of the molecule is COc1cc(C(=O)NNC(=O)COc2cccc3ccccc23)cc(OC)c1OC. The van der Waals surface area contributed by atoms with E-state index in [9.17, 15) is 9.59 Å². The Morgan fingerprint density at radius 3 is 2.13 bits per heavy atom. The average Bonchev–Trinajstić information content (AvgIpc) is 2.79. The van der Waals surface area contributed by atoms with Crippen molar-refractivity contribution in [2.24, 2.45) is 0 Å². The molecule has 0 radical (unpaired) electrons. The van der Waals surface area contributed by atoms with Crippen molar-refractivity contribution in [2.75, 3.05) is 27.9 Å². The van der Waals surface area contributed by atoms with Crippen LogP contribution in [-0.4, -0.2) is 39.8 Å². The number of hydrazine groups is 1. The number of hydrogen-bond acceptors (Lipinski definition) is 6. The fourth-order valence-corrected chi connectivity index (χ4v) is 2.91. The molecule has 2 N–H and O–H groups in total. The summed E-state index contributed by atoms with van der Waals surface area (Å²) in [4.78, 5) is 24.5. The van der Waals surface area contributed by atoms with E-state index in [1.54, 1.807) is 6.07 Å². The molecule has 0 bridgehead atoms. The molecule has 0 aliphatic carbocycles. The quantitative estimate of drug-likeness (QED) is 0.582. The Hall–Kier alpha value is -3.94. The van der Waals surface area contributed by atoms with Crippen LogP contribution in [0.15, 0.2) is 54.6 Å². The Morgan fingerprint density at radius 1 is 0.800 bits per heavy atom. The molecular weight excluding hydrogens is 388 g/mol. The number of amides is 2. The topological polar surface area (TPSA) is 95.1 Å². The van der Waals surface area contributed by atoms with Crippen molar-refractivity contribution in [3.8, 4) is 23.0 Å². The summed E-state index contributed by atoms with van der Waals surface area (Å²) in [5.74, 6) is 0.542. The molecule has 0 unspecified atom stereocenters. The van der Waals surface area contributed by atoms with Crippen molar-refractivity contribution in [3.63, 3.8) is 0 Å². The zero-order valence-electron chi connectivity index (χ0n) is 16.9. The van der Waals surface area contributed by atoms with Crippen LogP contribution in [0, 0.1) is 0 Å². The molecular formula is C22H22N2O6. The van der Waals surface area contributed by atoms with Crippen LogP contribution in [0.4, 0.5) is 0 Å². The third kappa shape index (κ3) is 4.54. The van der Waals surface area contributed by atoms with E-state index in [0.717, 1.165) is 10.8 Å². The van der Waals surface area contributed by atoms with Crippen molar-refractivity contribution >= 4 is 22.6 Å². The van der Waals surface area contributed by atoms with Gasteiger partial charge in [-0.15, -0.1) is 0 Å². The Kier molecular flexibility index (Phi) is 6.59. The van der Waals surface area contributed by atoms with Gasteiger partial charge in [-0.05, 0) is 23.6 Å². The van der Waals surface area contributed by atoms with Gasteiger partial charge in [-0.2, -0.15) is 0 Å². The monoisotopic (exact) mass is 410 g/mol. The van der Waals surface area contributed by atoms with Gasteiger partial charge >= 0.3 is 0 Å². The van der Waals surface area contributed by atoms with Gasteiger partial charge in [0, 0.05) is 10.9 Å². The van der Waals surface area contributed by atoms with Crippen molar-refractivity contribution in [1.29, 1.82) is 0 Å². The molecule has 0 saturated heterocycles. The van der Waals surface area contributed by atoms with Crippen LogP contribution in [0.5, 0.6) is 23.0 Å². The second-order valence-electron chi connectivity index (χ2n) is 6.18. The van der Waals surface area contributed by atoms with Crippen LogP contribution in [0.3, 0.4) is 0 Å². The lowest BCUT2D eigenvalue weighted by molar-refractivity contribution is -0.123. The van der Waals surface area contributed by atoms with Gasteiger partial charge in [-0.25, -0.2) is 0 Å². The van der Waals surface area contributed by atoms with E-state index in [-0.39, 0.29) is 12.2 Å². The van der Waals surface area contributed by atoms with Crippen LogP contribution in [0.25, 0.3) is 10.8 Å². The van der Waals surface area contributed by atoms with E-state index < -0.39 is 11.8 Å². The van der Waals surface area contributed by atoms with Crippen LogP contribution >= 0.6 is 0 Å². The molecule has 2 amide bonds. The minimum atomic E-state index is -0.548. The van der Waals surface area contributed by atoms with Crippen LogP contribution in [0.1, 0.15) is 10.4 Å². The van der Waals surface area contributed by atoms with Crippen molar-refractivity contribution in [1.82, 2.24) is 10.9 Å². The Balaban J connectivity index is 1.61. The first-order valence-electron chi connectivity index (χ1n) is 9.07. The fourth-order valence-electron chi connectivity index (χ4n) is 2.91. The maximum atomic E-state index is 12.4. The molecule has 3 aromatic rings. The highest BCUT2D eigenvalue weighted by Gasteiger charge is 2.17. The molecule has 0 heterocycles. The summed E-state index contributed by atoms with van der Waals surface area (Å²) in [5, 5.41) is 1.90. The number of carbonyl (C=O) groups is 2. The number of benzene rings is 3. The average molecular weight is 410 g/mol. The normalized spacial score (nSPS) is 10.2. The summed E-state index contributed by atoms with van der Waals surface area (Å²) >= 11 is 0. The third-order valence-corrected chi connectivity index (χ3v) is 4.35. The van der Waals surface area contributed by atoms with E-state index in [0.29, 0.717) is 23.0 Å². The fraction of sp³-hybridized carbons (Fsp3) is 0.182. The number of methoxy groups -OCH3 is 3. The molecule has 156 valence electrons. The summed E-state index contributed by atoms with van der Waals surface area (Å²) < 4.78 is 21.3. The zero-order valence-corrected chi connectivity index (χ0v) is 16.9. The number of rotatable bonds is 7. The minimum absolute atomic E-state index is 0.222. The highest BCUT2D eigenvalue weighted by Crippen LogP contribution is 2.38. The molecule has 3 rings (SSSR count). The largest absolute Gasteiger partial charge is 0.493 e. The van der Waals surface area contributed by atoms with E-state index in [2.05, 4.69) is 10.9 Å². The number of hydrogen-bond donors (Lipinski definition) is 2. The van der Waals surface area contributed by atoms with Crippen molar-refractivity contribution < 1.29 is 28.5 Å². The lowest BCUT2D eigenvalue weighted by Gasteiger charge is -2.14. The molecule has 8 nitrogen and oxygen atoms in total. The number of fused-ring (bicyclic) bond motifs is 1. The second kappa shape index (κ2) is 9.51. The summed E-state index contributed by atoms with van der Waals surface area (Å²) in [6.45, 7) is -0.260. The highest BCUT2D eigenvalue weighted by atomic mass is 16.5. The molecule has 0 spiro atoms. The van der Waals surface area contributed by atoms with Crippen LogP contribution in [0.2, 0.25) is 0 Å². The Bertz CT molecular complexity index is 1040. The lowest BCUT2D eigenvalue weighted by Crippen LogP contribution is -2.43. The number of nitrogens with one attached hydrogen (secondary N) is 2.